The molecule has 0 amide bonds. The van der Waals surface area contributed by atoms with Crippen LogP contribution in [0.4, 0.5) is 17.1 Å². The van der Waals surface area contributed by atoms with E-state index in [2.05, 4.69) is 174 Å². The lowest BCUT2D eigenvalue weighted by atomic mass is 9.80. The Bertz CT molecular complexity index is 2760. The van der Waals surface area contributed by atoms with E-state index in [9.17, 15) is 0 Å². The molecule has 0 spiro atoms. The Morgan fingerprint density at radius 3 is 1.94 bits per heavy atom. The van der Waals surface area contributed by atoms with Gasteiger partial charge >= 0.3 is 0 Å². The van der Waals surface area contributed by atoms with Crippen molar-refractivity contribution in [3.63, 3.8) is 0 Å². The first kappa shape index (κ1) is 30.9. The van der Waals surface area contributed by atoms with Gasteiger partial charge in [0.2, 0.25) is 0 Å². The van der Waals surface area contributed by atoms with Crippen LogP contribution in [0.2, 0.25) is 0 Å². The van der Waals surface area contributed by atoms with Crippen LogP contribution in [0.3, 0.4) is 0 Å². The fourth-order valence-corrected chi connectivity index (χ4v) is 9.33. The van der Waals surface area contributed by atoms with Gasteiger partial charge in [0, 0.05) is 33.0 Å². The molecule has 0 saturated carbocycles. The summed E-state index contributed by atoms with van der Waals surface area (Å²) in [4.78, 5) is 2.53. The third kappa shape index (κ3) is 4.30. The van der Waals surface area contributed by atoms with Crippen molar-refractivity contribution in [2.75, 3.05) is 4.90 Å². The zero-order valence-corrected chi connectivity index (χ0v) is 30.6. The van der Waals surface area contributed by atoms with Gasteiger partial charge in [-0.05, 0) is 118 Å². The highest BCUT2D eigenvalue weighted by atomic mass is 16.3. The predicted octanol–water partition coefficient (Wildman–Crippen LogP) is 14.0. The molecule has 0 aliphatic heterocycles. The van der Waals surface area contributed by atoms with Gasteiger partial charge in [0.15, 0.2) is 0 Å². The fourth-order valence-electron chi connectivity index (χ4n) is 9.33. The number of benzene rings is 7. The second-order valence-corrected chi connectivity index (χ2v) is 15.9. The first-order valence-corrected chi connectivity index (χ1v) is 18.4. The second kappa shape index (κ2) is 10.8. The van der Waals surface area contributed by atoms with Crippen molar-refractivity contribution in [2.45, 2.75) is 52.4 Å². The van der Waals surface area contributed by atoms with E-state index in [1.165, 1.54) is 78.1 Å². The Balaban J connectivity index is 1.17. The number of anilines is 3. The van der Waals surface area contributed by atoms with Gasteiger partial charge in [0.25, 0.3) is 0 Å². The van der Waals surface area contributed by atoms with E-state index in [4.69, 9.17) is 4.42 Å². The topological polar surface area (TPSA) is 16.4 Å². The van der Waals surface area contributed by atoms with E-state index < -0.39 is 0 Å². The van der Waals surface area contributed by atoms with Gasteiger partial charge in [0.1, 0.15) is 11.2 Å². The molecule has 8 aromatic rings. The molecule has 0 fully saturated rings. The summed E-state index contributed by atoms with van der Waals surface area (Å²) < 4.78 is 6.15. The maximum atomic E-state index is 6.15. The zero-order valence-electron chi connectivity index (χ0n) is 30.6. The first-order chi connectivity index (χ1) is 25.1. The SMILES string of the molecule is Cc1ccc2c(c1)C(C)(C)c1c-2ccc(C)c1N(c1ccc(-c2ccc3oc4ccccc4c3c2)cc1)c1ccc2c(c1)C(C)(C)c1ccccc1-2. The second-order valence-electron chi connectivity index (χ2n) is 15.9. The predicted molar refractivity (Wildman–Crippen MR) is 218 cm³/mol. The smallest absolute Gasteiger partial charge is 0.135 e. The molecule has 0 atom stereocenters. The molecule has 0 unspecified atom stereocenters. The van der Waals surface area contributed by atoms with E-state index in [-0.39, 0.29) is 10.8 Å². The van der Waals surface area contributed by atoms with Crippen LogP contribution >= 0.6 is 0 Å². The molecule has 2 nitrogen and oxygen atoms in total. The molecular weight excluding hydrogens is 631 g/mol. The molecule has 7 aromatic carbocycles. The number of furan rings is 1. The van der Waals surface area contributed by atoms with E-state index >= 15 is 0 Å². The van der Waals surface area contributed by atoms with Crippen LogP contribution < -0.4 is 4.90 Å². The number of fused-ring (bicyclic) bond motifs is 9. The van der Waals surface area contributed by atoms with Gasteiger partial charge in [-0.15, -0.1) is 0 Å². The van der Waals surface area contributed by atoms with Gasteiger partial charge in [-0.3, -0.25) is 0 Å². The van der Waals surface area contributed by atoms with Gasteiger partial charge in [-0.2, -0.15) is 0 Å². The molecule has 52 heavy (non-hydrogen) atoms. The Kier molecular flexibility index (Phi) is 6.44. The summed E-state index contributed by atoms with van der Waals surface area (Å²) in [6.45, 7) is 14.0. The van der Waals surface area contributed by atoms with E-state index in [0.717, 1.165) is 27.6 Å². The molecular formula is C50H41NO. The molecule has 0 bridgehead atoms. The minimum absolute atomic E-state index is 0.103. The summed E-state index contributed by atoms with van der Waals surface area (Å²) in [6.07, 6.45) is 0. The summed E-state index contributed by atoms with van der Waals surface area (Å²) in [5.41, 5.74) is 21.0. The lowest BCUT2D eigenvalue weighted by Gasteiger charge is -2.34. The van der Waals surface area contributed by atoms with Crippen molar-refractivity contribution in [3.05, 3.63) is 173 Å². The monoisotopic (exact) mass is 671 g/mol. The van der Waals surface area contributed by atoms with Crippen molar-refractivity contribution in [1.82, 2.24) is 0 Å². The standard InChI is InChI=1S/C50H41NO/c1-30-15-23-38-40-24-16-31(2)48(47(40)50(5,6)43(38)27-30)51(35-22-25-37-36-11-7-9-13-42(36)49(3,4)44(37)29-35)34-20-17-32(18-21-34)33-19-26-46-41(28-33)39-12-8-10-14-45(39)52-46/h7-29H,1-6H3. The average Bonchev–Trinajstić information content (AvgIpc) is 3.72. The maximum absolute atomic E-state index is 6.15. The Morgan fingerprint density at radius 1 is 0.462 bits per heavy atom. The van der Waals surface area contributed by atoms with Gasteiger partial charge in [0.05, 0.1) is 5.69 Å². The summed E-state index contributed by atoms with van der Waals surface area (Å²) in [5, 5.41) is 2.30. The number of rotatable bonds is 4. The van der Waals surface area contributed by atoms with Crippen LogP contribution in [-0.2, 0) is 10.8 Å². The maximum Gasteiger partial charge on any atom is 0.135 e. The summed E-state index contributed by atoms with van der Waals surface area (Å²) >= 11 is 0. The van der Waals surface area contributed by atoms with Crippen molar-refractivity contribution >= 4 is 39.0 Å². The largest absolute Gasteiger partial charge is 0.456 e. The minimum atomic E-state index is -0.175. The Labute approximate surface area is 306 Å². The van der Waals surface area contributed by atoms with Crippen LogP contribution in [-0.4, -0.2) is 0 Å². The molecule has 0 saturated heterocycles. The van der Waals surface area contributed by atoms with Crippen molar-refractivity contribution in [2.24, 2.45) is 0 Å². The van der Waals surface area contributed by atoms with Crippen molar-refractivity contribution < 1.29 is 4.42 Å². The van der Waals surface area contributed by atoms with Crippen LogP contribution in [0.15, 0.2) is 144 Å². The number of aryl methyl sites for hydroxylation is 2. The lowest BCUT2D eigenvalue weighted by Crippen LogP contribution is -2.22. The average molecular weight is 672 g/mol. The van der Waals surface area contributed by atoms with Crippen LogP contribution in [0, 0.1) is 13.8 Å². The highest BCUT2D eigenvalue weighted by Gasteiger charge is 2.41. The Morgan fingerprint density at radius 2 is 1.10 bits per heavy atom. The van der Waals surface area contributed by atoms with Crippen LogP contribution in [0.5, 0.6) is 0 Å². The third-order valence-corrected chi connectivity index (χ3v) is 12.0. The number of hydrogen-bond acceptors (Lipinski definition) is 2. The molecule has 252 valence electrons. The molecule has 2 aliphatic carbocycles. The normalized spacial score (nSPS) is 14.7. The Hall–Kier alpha value is -5.86. The van der Waals surface area contributed by atoms with Crippen molar-refractivity contribution in [1.29, 1.82) is 0 Å². The number of hydrogen-bond donors (Lipinski definition) is 0. The zero-order chi connectivity index (χ0) is 35.5. The molecule has 0 N–H and O–H groups in total. The molecule has 10 rings (SSSR count). The van der Waals surface area contributed by atoms with Gasteiger partial charge < -0.3 is 9.32 Å². The van der Waals surface area contributed by atoms with E-state index in [1.807, 2.05) is 12.1 Å². The van der Waals surface area contributed by atoms with E-state index in [0.29, 0.717) is 0 Å². The summed E-state index contributed by atoms with van der Waals surface area (Å²) in [6, 6.07) is 51.7. The molecule has 0 radical (unpaired) electrons. The number of nitrogens with zero attached hydrogens (tertiary/aromatic N) is 1. The minimum Gasteiger partial charge on any atom is -0.456 e. The van der Waals surface area contributed by atoms with Crippen molar-refractivity contribution in [3.8, 4) is 33.4 Å². The highest BCUT2D eigenvalue weighted by molar-refractivity contribution is 6.06. The third-order valence-electron chi connectivity index (χ3n) is 12.0. The first-order valence-electron chi connectivity index (χ1n) is 18.4. The number of para-hydroxylation sites is 1. The lowest BCUT2D eigenvalue weighted by molar-refractivity contribution is 0.658. The van der Waals surface area contributed by atoms with Gasteiger partial charge in [-0.1, -0.05) is 130 Å². The molecule has 1 aromatic heterocycles. The highest BCUT2D eigenvalue weighted by Crippen LogP contribution is 2.57. The molecule has 2 heteroatoms. The molecule has 2 aliphatic rings. The fraction of sp³-hybridized carbons (Fsp3) is 0.160. The van der Waals surface area contributed by atoms with Crippen LogP contribution in [0.1, 0.15) is 61.1 Å². The summed E-state index contributed by atoms with van der Waals surface area (Å²) in [5.74, 6) is 0. The van der Waals surface area contributed by atoms with E-state index in [1.54, 1.807) is 0 Å². The summed E-state index contributed by atoms with van der Waals surface area (Å²) in [7, 11) is 0. The van der Waals surface area contributed by atoms with Gasteiger partial charge in [-0.25, -0.2) is 0 Å². The van der Waals surface area contributed by atoms with Crippen LogP contribution in [0.25, 0.3) is 55.3 Å². The quantitative estimate of drug-likeness (QED) is 0.185. The molecule has 1 heterocycles.